The van der Waals surface area contributed by atoms with E-state index < -0.39 is 0 Å². The van der Waals surface area contributed by atoms with Crippen LogP contribution >= 0.6 is 23.2 Å². The first kappa shape index (κ1) is 12.8. The summed E-state index contributed by atoms with van der Waals surface area (Å²) in [6.45, 7) is 4.74. The molecular formula is C11H16Cl2N2. The van der Waals surface area contributed by atoms with Crippen molar-refractivity contribution >= 4 is 23.2 Å². The molecule has 0 spiro atoms. The molecule has 0 bridgehead atoms. The van der Waals surface area contributed by atoms with Gasteiger partial charge in [0.05, 0.1) is 10.0 Å². The van der Waals surface area contributed by atoms with Crippen LogP contribution in [0.1, 0.15) is 25.5 Å². The summed E-state index contributed by atoms with van der Waals surface area (Å²) in [6.07, 6.45) is 0. The van der Waals surface area contributed by atoms with Crippen molar-refractivity contribution in [3.63, 3.8) is 0 Å². The van der Waals surface area contributed by atoms with Crippen LogP contribution < -0.4 is 11.1 Å². The van der Waals surface area contributed by atoms with Crippen molar-refractivity contribution in [3.05, 3.63) is 33.8 Å². The average molecular weight is 247 g/mol. The van der Waals surface area contributed by atoms with E-state index >= 15 is 0 Å². The van der Waals surface area contributed by atoms with E-state index in [1.54, 1.807) is 0 Å². The Morgan fingerprint density at radius 3 is 2.47 bits per heavy atom. The van der Waals surface area contributed by atoms with Crippen molar-refractivity contribution in [2.24, 2.45) is 5.73 Å². The van der Waals surface area contributed by atoms with Gasteiger partial charge in [-0.3, -0.25) is 0 Å². The Labute approximate surface area is 101 Å². The molecule has 4 heteroatoms. The van der Waals surface area contributed by atoms with Crippen molar-refractivity contribution in [2.75, 3.05) is 6.54 Å². The maximum absolute atomic E-state index is 5.94. The summed E-state index contributed by atoms with van der Waals surface area (Å²) in [5, 5.41) is 4.53. The van der Waals surface area contributed by atoms with Crippen LogP contribution in [0.5, 0.6) is 0 Å². The summed E-state index contributed by atoms with van der Waals surface area (Å²) in [5.74, 6) is 0. The maximum Gasteiger partial charge on any atom is 0.0595 e. The van der Waals surface area contributed by atoms with Crippen molar-refractivity contribution in [3.8, 4) is 0 Å². The fourth-order valence-electron chi connectivity index (χ4n) is 1.37. The fourth-order valence-corrected chi connectivity index (χ4v) is 1.68. The average Bonchev–Trinajstić information content (AvgIpc) is 2.21. The quantitative estimate of drug-likeness (QED) is 0.858. The van der Waals surface area contributed by atoms with Crippen molar-refractivity contribution in [1.82, 2.24) is 5.32 Å². The van der Waals surface area contributed by atoms with Crippen molar-refractivity contribution in [2.45, 2.75) is 25.9 Å². The molecule has 2 atom stereocenters. The molecule has 1 aromatic rings. The molecule has 0 fully saturated rings. The van der Waals surface area contributed by atoms with Gasteiger partial charge in [0.2, 0.25) is 0 Å². The molecule has 0 heterocycles. The number of nitrogens with one attached hydrogen (secondary N) is 1. The van der Waals surface area contributed by atoms with Gasteiger partial charge in [-0.2, -0.15) is 0 Å². The Kier molecular flexibility index (Phi) is 4.87. The molecular weight excluding hydrogens is 231 g/mol. The van der Waals surface area contributed by atoms with E-state index in [0.29, 0.717) is 16.6 Å². The largest absolute Gasteiger partial charge is 0.329 e. The van der Waals surface area contributed by atoms with Gasteiger partial charge in [-0.05, 0) is 31.5 Å². The lowest BCUT2D eigenvalue weighted by Crippen LogP contribution is -2.35. The molecule has 0 aromatic heterocycles. The van der Waals surface area contributed by atoms with Crippen LogP contribution in [0.25, 0.3) is 0 Å². The van der Waals surface area contributed by atoms with E-state index in [2.05, 4.69) is 12.2 Å². The van der Waals surface area contributed by atoms with Crippen LogP contribution in [0, 0.1) is 0 Å². The molecule has 1 rings (SSSR count). The van der Waals surface area contributed by atoms with Crippen molar-refractivity contribution in [1.29, 1.82) is 0 Å². The Balaban J connectivity index is 2.73. The number of benzene rings is 1. The Bertz CT molecular complexity index is 328. The second kappa shape index (κ2) is 5.71. The highest BCUT2D eigenvalue weighted by Gasteiger charge is 2.09. The molecule has 3 N–H and O–H groups in total. The third-order valence-electron chi connectivity index (χ3n) is 2.33. The minimum Gasteiger partial charge on any atom is -0.329 e. The Hall–Kier alpha value is -0.280. The zero-order valence-corrected chi connectivity index (χ0v) is 10.4. The van der Waals surface area contributed by atoms with E-state index in [0.717, 1.165) is 5.56 Å². The predicted octanol–water partition coefficient (Wildman–Crippen LogP) is 2.99. The van der Waals surface area contributed by atoms with Gasteiger partial charge in [0.15, 0.2) is 0 Å². The Morgan fingerprint density at radius 2 is 1.93 bits per heavy atom. The van der Waals surface area contributed by atoms with Crippen LogP contribution in [0.3, 0.4) is 0 Å². The zero-order chi connectivity index (χ0) is 11.4. The maximum atomic E-state index is 5.94. The van der Waals surface area contributed by atoms with Gasteiger partial charge < -0.3 is 11.1 Å². The summed E-state index contributed by atoms with van der Waals surface area (Å²) >= 11 is 11.8. The second-order valence-corrected chi connectivity index (χ2v) is 4.51. The van der Waals surface area contributed by atoms with Crippen molar-refractivity contribution < 1.29 is 0 Å². The molecule has 0 amide bonds. The van der Waals surface area contributed by atoms with E-state index in [1.807, 2.05) is 25.1 Å². The predicted molar refractivity (Wildman–Crippen MR) is 66.5 cm³/mol. The fraction of sp³-hybridized carbons (Fsp3) is 0.455. The molecule has 15 heavy (non-hydrogen) atoms. The lowest BCUT2D eigenvalue weighted by molar-refractivity contribution is 0.485. The highest BCUT2D eigenvalue weighted by Crippen LogP contribution is 2.25. The highest BCUT2D eigenvalue weighted by atomic mass is 35.5. The van der Waals surface area contributed by atoms with E-state index in [1.165, 1.54) is 0 Å². The zero-order valence-electron chi connectivity index (χ0n) is 8.93. The van der Waals surface area contributed by atoms with Crippen LogP contribution in [-0.2, 0) is 0 Å². The van der Waals surface area contributed by atoms with E-state index in [9.17, 15) is 0 Å². The van der Waals surface area contributed by atoms with Gasteiger partial charge in [0.25, 0.3) is 0 Å². The van der Waals surface area contributed by atoms with Crippen LogP contribution in [0.15, 0.2) is 18.2 Å². The lowest BCUT2D eigenvalue weighted by atomic mass is 10.1. The van der Waals surface area contributed by atoms with Gasteiger partial charge >= 0.3 is 0 Å². The summed E-state index contributed by atoms with van der Waals surface area (Å²) in [6, 6.07) is 6.16. The second-order valence-electron chi connectivity index (χ2n) is 3.70. The third-order valence-corrected chi connectivity index (χ3v) is 3.07. The highest BCUT2D eigenvalue weighted by molar-refractivity contribution is 6.42. The monoisotopic (exact) mass is 246 g/mol. The first-order chi connectivity index (χ1) is 7.04. The summed E-state index contributed by atoms with van der Waals surface area (Å²) < 4.78 is 0. The van der Waals surface area contributed by atoms with E-state index in [-0.39, 0.29) is 12.1 Å². The van der Waals surface area contributed by atoms with Gasteiger partial charge in [-0.25, -0.2) is 0 Å². The molecule has 0 saturated heterocycles. The minimum absolute atomic E-state index is 0.221. The van der Waals surface area contributed by atoms with Crippen LogP contribution in [-0.4, -0.2) is 12.6 Å². The van der Waals surface area contributed by atoms with Gasteiger partial charge in [0, 0.05) is 18.6 Å². The number of hydrogen-bond acceptors (Lipinski definition) is 2. The molecule has 1 aromatic carbocycles. The van der Waals surface area contributed by atoms with Crippen LogP contribution in [0.4, 0.5) is 0 Å². The molecule has 0 aliphatic rings. The molecule has 0 radical (unpaired) electrons. The van der Waals surface area contributed by atoms with Gasteiger partial charge in [-0.1, -0.05) is 29.3 Å². The molecule has 2 nitrogen and oxygen atoms in total. The van der Waals surface area contributed by atoms with Crippen LogP contribution in [0.2, 0.25) is 10.0 Å². The Morgan fingerprint density at radius 1 is 1.27 bits per heavy atom. The molecule has 0 saturated carbocycles. The normalized spacial score (nSPS) is 15.0. The molecule has 0 aliphatic heterocycles. The number of rotatable bonds is 4. The van der Waals surface area contributed by atoms with E-state index in [4.69, 9.17) is 28.9 Å². The number of halogens is 2. The molecule has 84 valence electrons. The first-order valence-electron chi connectivity index (χ1n) is 4.95. The smallest absolute Gasteiger partial charge is 0.0595 e. The standard InChI is InChI=1S/C11H16Cl2N2/c1-7(6-14)15-8(2)9-3-4-10(12)11(13)5-9/h3-5,7-8,15H,6,14H2,1-2H3. The minimum atomic E-state index is 0.221. The summed E-state index contributed by atoms with van der Waals surface area (Å²) in [5.41, 5.74) is 6.66. The topological polar surface area (TPSA) is 38.0 Å². The number of nitrogens with two attached hydrogens (primary N) is 1. The van der Waals surface area contributed by atoms with Gasteiger partial charge in [-0.15, -0.1) is 0 Å². The summed E-state index contributed by atoms with van der Waals surface area (Å²) in [4.78, 5) is 0. The third kappa shape index (κ3) is 3.65. The molecule has 0 aliphatic carbocycles. The number of hydrogen-bond donors (Lipinski definition) is 2. The summed E-state index contributed by atoms with van der Waals surface area (Å²) in [7, 11) is 0. The molecule has 2 unspecified atom stereocenters. The van der Waals surface area contributed by atoms with Gasteiger partial charge in [0.1, 0.15) is 0 Å². The first-order valence-corrected chi connectivity index (χ1v) is 5.71. The lowest BCUT2D eigenvalue weighted by Gasteiger charge is -2.19. The SMILES string of the molecule is CC(CN)NC(C)c1ccc(Cl)c(Cl)c1.